The standard InChI is InChI=1S/C19H21BrN2O4S/c1-14-3-6-16(7-4-14)27(25,26)22-10-2-9-21(11-12-22)19(24)17-13-15(20)5-8-18(17)23/h3-8,13,23H,2,9-12H2,1H3. The topological polar surface area (TPSA) is 77.9 Å². The van der Waals surface area contributed by atoms with E-state index in [1.807, 2.05) is 6.92 Å². The fourth-order valence-electron chi connectivity index (χ4n) is 3.05. The first-order valence-electron chi connectivity index (χ1n) is 8.63. The van der Waals surface area contributed by atoms with E-state index in [1.165, 1.54) is 10.4 Å². The predicted octanol–water partition coefficient (Wildman–Crippen LogP) is 3.00. The number of hydrogen-bond acceptors (Lipinski definition) is 4. The van der Waals surface area contributed by atoms with Crippen molar-refractivity contribution in [2.75, 3.05) is 26.2 Å². The SMILES string of the molecule is Cc1ccc(S(=O)(=O)N2CCCN(C(=O)c3cc(Br)ccc3O)CC2)cc1. The molecule has 1 fully saturated rings. The molecule has 0 aromatic heterocycles. The molecule has 6 nitrogen and oxygen atoms in total. The number of phenolic OH excluding ortho intramolecular Hbond substituents is 1. The summed E-state index contributed by atoms with van der Waals surface area (Å²) >= 11 is 3.30. The van der Waals surface area contributed by atoms with Gasteiger partial charge in [0, 0.05) is 30.7 Å². The molecule has 27 heavy (non-hydrogen) atoms. The van der Waals surface area contributed by atoms with Gasteiger partial charge in [0.05, 0.1) is 10.5 Å². The second kappa shape index (κ2) is 8.00. The Labute approximate surface area is 167 Å². The van der Waals surface area contributed by atoms with Crippen LogP contribution >= 0.6 is 15.9 Å². The summed E-state index contributed by atoms with van der Waals surface area (Å²) < 4.78 is 27.9. The van der Waals surface area contributed by atoms with E-state index in [4.69, 9.17) is 0 Å². The fourth-order valence-corrected chi connectivity index (χ4v) is 4.88. The van der Waals surface area contributed by atoms with E-state index in [0.29, 0.717) is 24.0 Å². The zero-order valence-electron chi connectivity index (χ0n) is 14.9. The Hall–Kier alpha value is -1.90. The first-order chi connectivity index (χ1) is 12.8. The summed E-state index contributed by atoms with van der Waals surface area (Å²) in [5.41, 5.74) is 1.20. The largest absolute Gasteiger partial charge is 0.507 e. The van der Waals surface area contributed by atoms with Gasteiger partial charge in [0.1, 0.15) is 5.75 Å². The van der Waals surface area contributed by atoms with Crippen LogP contribution in [-0.2, 0) is 10.0 Å². The molecule has 1 aliphatic heterocycles. The molecule has 1 heterocycles. The van der Waals surface area contributed by atoms with E-state index in [9.17, 15) is 18.3 Å². The summed E-state index contributed by atoms with van der Waals surface area (Å²) in [6.07, 6.45) is 0.533. The maximum absolute atomic E-state index is 12.9. The van der Waals surface area contributed by atoms with Crippen LogP contribution in [0.25, 0.3) is 0 Å². The average Bonchev–Trinajstić information content (AvgIpc) is 2.90. The summed E-state index contributed by atoms with van der Waals surface area (Å²) in [4.78, 5) is 14.6. The van der Waals surface area contributed by atoms with Crippen LogP contribution in [0.4, 0.5) is 0 Å². The van der Waals surface area contributed by atoms with Gasteiger partial charge in [0.15, 0.2) is 0 Å². The maximum Gasteiger partial charge on any atom is 0.257 e. The van der Waals surface area contributed by atoms with Crippen LogP contribution in [0.3, 0.4) is 0 Å². The lowest BCUT2D eigenvalue weighted by Gasteiger charge is -2.22. The van der Waals surface area contributed by atoms with Crippen LogP contribution in [0.1, 0.15) is 22.3 Å². The normalized spacial score (nSPS) is 16.1. The number of aryl methyl sites for hydroxylation is 1. The number of benzene rings is 2. The van der Waals surface area contributed by atoms with Crippen molar-refractivity contribution in [3.8, 4) is 5.75 Å². The minimum Gasteiger partial charge on any atom is -0.507 e. The summed E-state index contributed by atoms with van der Waals surface area (Å²) in [6, 6.07) is 11.5. The van der Waals surface area contributed by atoms with Crippen LogP contribution in [0.15, 0.2) is 51.8 Å². The lowest BCUT2D eigenvalue weighted by atomic mass is 10.1. The summed E-state index contributed by atoms with van der Waals surface area (Å²) in [7, 11) is -3.59. The number of sulfonamides is 1. The van der Waals surface area contributed by atoms with Crippen molar-refractivity contribution in [2.24, 2.45) is 0 Å². The van der Waals surface area contributed by atoms with Crippen molar-refractivity contribution in [1.29, 1.82) is 0 Å². The number of aromatic hydroxyl groups is 1. The van der Waals surface area contributed by atoms with Crippen molar-refractivity contribution in [3.05, 3.63) is 58.1 Å². The van der Waals surface area contributed by atoms with Crippen LogP contribution in [-0.4, -0.2) is 54.8 Å². The molecule has 144 valence electrons. The molecule has 8 heteroatoms. The van der Waals surface area contributed by atoms with Gasteiger partial charge in [0.25, 0.3) is 5.91 Å². The fraction of sp³-hybridized carbons (Fsp3) is 0.316. The number of nitrogens with zero attached hydrogens (tertiary/aromatic N) is 2. The molecular formula is C19H21BrN2O4S. The average molecular weight is 453 g/mol. The Morgan fingerprint density at radius 2 is 1.74 bits per heavy atom. The van der Waals surface area contributed by atoms with Crippen molar-refractivity contribution in [2.45, 2.75) is 18.2 Å². The third-order valence-electron chi connectivity index (χ3n) is 4.59. The van der Waals surface area contributed by atoms with Gasteiger partial charge in [-0.15, -0.1) is 0 Å². The van der Waals surface area contributed by atoms with Gasteiger partial charge in [-0.05, 0) is 43.7 Å². The highest BCUT2D eigenvalue weighted by atomic mass is 79.9. The minimum absolute atomic E-state index is 0.0865. The molecule has 0 bridgehead atoms. The Balaban J connectivity index is 1.76. The number of carbonyl (C=O) groups excluding carboxylic acids is 1. The Morgan fingerprint density at radius 3 is 2.44 bits per heavy atom. The maximum atomic E-state index is 12.9. The van der Waals surface area contributed by atoms with Gasteiger partial charge < -0.3 is 10.0 Å². The third-order valence-corrected chi connectivity index (χ3v) is 7.00. The van der Waals surface area contributed by atoms with Gasteiger partial charge in [-0.25, -0.2) is 8.42 Å². The first kappa shape index (κ1) is 19.9. The Kier molecular flexibility index (Phi) is 5.88. The number of hydrogen-bond donors (Lipinski definition) is 1. The molecule has 0 unspecified atom stereocenters. The first-order valence-corrected chi connectivity index (χ1v) is 10.9. The molecule has 0 saturated carbocycles. The number of phenols is 1. The molecule has 2 aromatic carbocycles. The molecule has 0 aliphatic carbocycles. The Bertz CT molecular complexity index is 945. The van der Waals surface area contributed by atoms with Crippen LogP contribution < -0.4 is 0 Å². The smallest absolute Gasteiger partial charge is 0.257 e. The van der Waals surface area contributed by atoms with Crippen LogP contribution in [0.5, 0.6) is 5.75 Å². The number of halogens is 1. The monoisotopic (exact) mass is 452 g/mol. The van der Waals surface area contributed by atoms with Gasteiger partial charge in [-0.2, -0.15) is 4.31 Å². The van der Waals surface area contributed by atoms with Gasteiger partial charge >= 0.3 is 0 Å². The summed E-state index contributed by atoms with van der Waals surface area (Å²) in [5.74, 6) is -0.389. The highest BCUT2D eigenvalue weighted by Crippen LogP contribution is 2.24. The number of rotatable bonds is 3. The molecule has 0 spiro atoms. The zero-order chi connectivity index (χ0) is 19.6. The molecule has 1 N–H and O–H groups in total. The molecular weight excluding hydrogens is 432 g/mol. The van der Waals surface area contributed by atoms with E-state index in [-0.39, 0.29) is 35.2 Å². The van der Waals surface area contributed by atoms with Crippen molar-refractivity contribution in [1.82, 2.24) is 9.21 Å². The van der Waals surface area contributed by atoms with E-state index >= 15 is 0 Å². The lowest BCUT2D eigenvalue weighted by Crippen LogP contribution is -2.37. The van der Waals surface area contributed by atoms with E-state index in [0.717, 1.165) is 5.56 Å². The van der Waals surface area contributed by atoms with Crippen LogP contribution in [0.2, 0.25) is 0 Å². The Morgan fingerprint density at radius 1 is 1.04 bits per heavy atom. The molecule has 0 atom stereocenters. The highest BCUT2D eigenvalue weighted by molar-refractivity contribution is 9.10. The van der Waals surface area contributed by atoms with E-state index < -0.39 is 10.0 Å². The molecule has 2 aromatic rings. The molecule has 1 aliphatic rings. The molecule has 1 amide bonds. The zero-order valence-corrected chi connectivity index (χ0v) is 17.3. The van der Waals surface area contributed by atoms with Crippen LogP contribution in [0, 0.1) is 6.92 Å². The van der Waals surface area contributed by atoms with E-state index in [2.05, 4.69) is 15.9 Å². The summed E-state index contributed by atoms with van der Waals surface area (Å²) in [5, 5.41) is 9.98. The molecule has 1 saturated heterocycles. The quantitative estimate of drug-likeness (QED) is 0.775. The van der Waals surface area contributed by atoms with Gasteiger partial charge in [0.2, 0.25) is 10.0 Å². The van der Waals surface area contributed by atoms with Crippen molar-refractivity contribution < 1.29 is 18.3 Å². The highest BCUT2D eigenvalue weighted by Gasteiger charge is 2.29. The second-order valence-corrected chi connectivity index (χ2v) is 9.38. The summed E-state index contributed by atoms with van der Waals surface area (Å²) in [6.45, 7) is 3.19. The third kappa shape index (κ3) is 4.34. The minimum atomic E-state index is -3.59. The van der Waals surface area contributed by atoms with E-state index in [1.54, 1.807) is 41.3 Å². The number of carbonyl (C=O) groups is 1. The second-order valence-electron chi connectivity index (χ2n) is 6.52. The molecule has 0 radical (unpaired) electrons. The number of amides is 1. The van der Waals surface area contributed by atoms with Gasteiger partial charge in [-0.3, -0.25) is 4.79 Å². The predicted molar refractivity (Wildman–Crippen MR) is 106 cm³/mol. The van der Waals surface area contributed by atoms with Crippen molar-refractivity contribution in [3.63, 3.8) is 0 Å². The van der Waals surface area contributed by atoms with Crippen molar-refractivity contribution >= 4 is 31.9 Å². The lowest BCUT2D eigenvalue weighted by molar-refractivity contribution is 0.0761. The van der Waals surface area contributed by atoms with Gasteiger partial charge in [-0.1, -0.05) is 33.6 Å². The molecule has 3 rings (SSSR count).